The van der Waals surface area contributed by atoms with E-state index in [0.29, 0.717) is 0 Å². The molecule has 0 N–H and O–H groups in total. The van der Waals surface area contributed by atoms with Gasteiger partial charge < -0.3 is 9.80 Å². The molecule has 0 spiro atoms. The third kappa shape index (κ3) is 5.87. The van der Waals surface area contributed by atoms with Crippen LogP contribution in [0.15, 0.2) is 42.6 Å². The summed E-state index contributed by atoms with van der Waals surface area (Å²) >= 11 is 0. The average molecular weight is 356 g/mol. The molecule has 4 heteroatoms. The largest absolute Gasteiger partial charge is 0.353 e. The van der Waals surface area contributed by atoms with E-state index < -0.39 is 0 Å². The monoisotopic (exact) mass is 355 g/mol. The summed E-state index contributed by atoms with van der Waals surface area (Å²) in [5, 5.41) is 0. The Hall–Kier alpha value is -2.36. The summed E-state index contributed by atoms with van der Waals surface area (Å²) in [5.74, 6) is 1.14. The van der Waals surface area contributed by atoms with Crippen molar-refractivity contribution >= 4 is 11.7 Å². The summed E-state index contributed by atoms with van der Waals surface area (Å²) in [6.45, 7) is 15.0. The quantitative estimate of drug-likeness (QED) is 0.778. The van der Waals surface area contributed by atoms with Crippen molar-refractivity contribution in [3.05, 3.63) is 48.2 Å². The molecule has 1 fully saturated rings. The first kappa shape index (κ1) is 21.7. The maximum absolute atomic E-state index is 11.4. The second-order valence-corrected chi connectivity index (χ2v) is 5.77. The second-order valence-electron chi connectivity index (χ2n) is 5.77. The first-order valence-corrected chi connectivity index (χ1v) is 9.67. The van der Waals surface area contributed by atoms with Gasteiger partial charge >= 0.3 is 0 Å². The number of nitrogens with zero attached hydrogens (tertiary/aromatic N) is 3. The molecule has 0 bridgehead atoms. The van der Waals surface area contributed by atoms with Crippen LogP contribution in [0.1, 0.15) is 40.2 Å². The van der Waals surface area contributed by atoms with E-state index in [0.717, 1.165) is 37.6 Å². The van der Waals surface area contributed by atoms with Gasteiger partial charge in [0, 0.05) is 44.9 Å². The van der Waals surface area contributed by atoms with Gasteiger partial charge in [-0.2, -0.15) is 0 Å². The highest BCUT2D eigenvalue weighted by Crippen LogP contribution is 2.22. The SMILES string of the molecule is CC.CC.CC(=O)N1CCN(c2ccc(-c3cccc(C)c3)cn2)CC1. The fourth-order valence-electron chi connectivity index (χ4n) is 2.82. The zero-order valence-corrected chi connectivity index (χ0v) is 17.1. The van der Waals surface area contributed by atoms with Gasteiger partial charge in [0.1, 0.15) is 5.82 Å². The van der Waals surface area contributed by atoms with Crippen molar-refractivity contribution in [2.75, 3.05) is 31.1 Å². The number of carbonyl (C=O) groups excluding carboxylic acids is 1. The third-order valence-electron chi connectivity index (χ3n) is 4.15. The van der Waals surface area contributed by atoms with Crippen LogP contribution in [-0.4, -0.2) is 42.0 Å². The molecule has 3 rings (SSSR count). The van der Waals surface area contributed by atoms with Gasteiger partial charge in [-0.05, 0) is 24.6 Å². The van der Waals surface area contributed by atoms with Gasteiger partial charge in [0.2, 0.25) is 5.91 Å². The average Bonchev–Trinajstić information content (AvgIpc) is 2.71. The normalized spacial score (nSPS) is 13.2. The molecular weight excluding hydrogens is 322 g/mol. The van der Waals surface area contributed by atoms with Crippen molar-refractivity contribution in [2.45, 2.75) is 41.5 Å². The lowest BCUT2D eigenvalue weighted by Gasteiger charge is -2.34. The zero-order chi connectivity index (χ0) is 19.5. The molecule has 0 saturated carbocycles. The van der Waals surface area contributed by atoms with Crippen LogP contribution >= 0.6 is 0 Å². The molecule has 1 aliphatic rings. The number of carbonyl (C=O) groups is 1. The van der Waals surface area contributed by atoms with E-state index in [2.05, 4.69) is 53.2 Å². The fraction of sp³-hybridized carbons (Fsp3) is 0.455. The van der Waals surface area contributed by atoms with Crippen molar-refractivity contribution in [1.82, 2.24) is 9.88 Å². The van der Waals surface area contributed by atoms with Crippen molar-refractivity contribution < 1.29 is 4.79 Å². The minimum Gasteiger partial charge on any atom is -0.353 e. The van der Waals surface area contributed by atoms with E-state index >= 15 is 0 Å². The Morgan fingerprint density at radius 1 is 0.923 bits per heavy atom. The molecule has 2 heterocycles. The zero-order valence-electron chi connectivity index (χ0n) is 17.1. The summed E-state index contributed by atoms with van der Waals surface area (Å²) in [6.07, 6.45) is 1.93. The maximum Gasteiger partial charge on any atom is 0.219 e. The lowest BCUT2D eigenvalue weighted by molar-refractivity contribution is -0.129. The highest BCUT2D eigenvalue weighted by molar-refractivity contribution is 5.73. The van der Waals surface area contributed by atoms with Crippen LogP contribution in [0.4, 0.5) is 5.82 Å². The number of hydrogen-bond acceptors (Lipinski definition) is 3. The van der Waals surface area contributed by atoms with Gasteiger partial charge in [0.25, 0.3) is 0 Å². The smallest absolute Gasteiger partial charge is 0.219 e. The van der Waals surface area contributed by atoms with Gasteiger partial charge in [-0.1, -0.05) is 57.5 Å². The fourth-order valence-corrected chi connectivity index (χ4v) is 2.82. The molecule has 1 aliphatic heterocycles. The topological polar surface area (TPSA) is 36.4 Å². The van der Waals surface area contributed by atoms with E-state index in [1.54, 1.807) is 6.92 Å². The molecule has 1 aromatic carbocycles. The number of amides is 1. The molecule has 0 unspecified atom stereocenters. The predicted molar refractivity (Wildman–Crippen MR) is 112 cm³/mol. The minimum atomic E-state index is 0.155. The van der Waals surface area contributed by atoms with Crippen molar-refractivity contribution in [2.24, 2.45) is 0 Å². The standard InChI is InChI=1S/C18H21N3O.2C2H6/c1-14-4-3-5-16(12-14)17-6-7-18(19-13-17)21-10-8-20(9-11-21)15(2)22;2*1-2/h3-7,12-13H,8-11H2,1-2H3;2*1-2H3. The van der Waals surface area contributed by atoms with Crippen LogP contribution in [-0.2, 0) is 4.79 Å². The van der Waals surface area contributed by atoms with Crippen molar-refractivity contribution in [3.8, 4) is 11.1 Å². The predicted octanol–water partition coefficient (Wildman–Crippen LogP) is 4.78. The van der Waals surface area contributed by atoms with E-state index in [1.165, 1.54) is 11.1 Å². The van der Waals surface area contributed by atoms with Gasteiger partial charge in [-0.25, -0.2) is 4.98 Å². The van der Waals surface area contributed by atoms with Crippen LogP contribution in [0.3, 0.4) is 0 Å². The number of aromatic nitrogens is 1. The molecule has 1 aromatic heterocycles. The number of benzene rings is 1. The molecular formula is C22H33N3O. The molecule has 1 saturated heterocycles. The van der Waals surface area contributed by atoms with E-state index in [9.17, 15) is 4.79 Å². The number of pyridine rings is 1. The third-order valence-corrected chi connectivity index (χ3v) is 4.15. The molecule has 1 amide bonds. The molecule has 0 radical (unpaired) electrons. The van der Waals surface area contributed by atoms with Gasteiger partial charge in [-0.15, -0.1) is 0 Å². The Balaban J connectivity index is 0.000000791. The van der Waals surface area contributed by atoms with Gasteiger partial charge in [0.05, 0.1) is 0 Å². The highest BCUT2D eigenvalue weighted by atomic mass is 16.2. The van der Waals surface area contributed by atoms with Gasteiger partial charge in [-0.3, -0.25) is 4.79 Å². The molecule has 2 aromatic rings. The van der Waals surface area contributed by atoms with E-state index in [4.69, 9.17) is 0 Å². The Bertz CT molecular complexity index is 659. The number of rotatable bonds is 2. The second kappa shape index (κ2) is 11.3. The lowest BCUT2D eigenvalue weighted by Crippen LogP contribution is -2.48. The highest BCUT2D eigenvalue weighted by Gasteiger charge is 2.19. The number of piperazine rings is 1. The summed E-state index contributed by atoms with van der Waals surface area (Å²) < 4.78 is 0. The molecule has 142 valence electrons. The number of hydrogen-bond donors (Lipinski definition) is 0. The Labute approximate surface area is 158 Å². The first-order chi connectivity index (χ1) is 12.6. The summed E-state index contributed by atoms with van der Waals surface area (Å²) in [7, 11) is 0. The van der Waals surface area contributed by atoms with Crippen LogP contribution in [0.25, 0.3) is 11.1 Å². The van der Waals surface area contributed by atoms with Crippen LogP contribution in [0.2, 0.25) is 0 Å². The molecule has 0 atom stereocenters. The lowest BCUT2D eigenvalue weighted by atomic mass is 10.1. The molecule has 4 nitrogen and oxygen atoms in total. The van der Waals surface area contributed by atoms with Crippen molar-refractivity contribution in [3.63, 3.8) is 0 Å². The van der Waals surface area contributed by atoms with E-state index in [-0.39, 0.29) is 5.91 Å². The Kier molecular flexibility index (Phi) is 9.42. The Morgan fingerprint density at radius 3 is 2.08 bits per heavy atom. The molecule has 0 aliphatic carbocycles. The van der Waals surface area contributed by atoms with Crippen LogP contribution < -0.4 is 4.90 Å². The van der Waals surface area contributed by atoms with Gasteiger partial charge in [0.15, 0.2) is 0 Å². The van der Waals surface area contributed by atoms with E-state index in [1.807, 2.05) is 38.8 Å². The molecule has 26 heavy (non-hydrogen) atoms. The summed E-state index contributed by atoms with van der Waals surface area (Å²) in [6, 6.07) is 12.6. The first-order valence-electron chi connectivity index (χ1n) is 9.67. The number of anilines is 1. The summed E-state index contributed by atoms with van der Waals surface area (Å²) in [5.41, 5.74) is 3.58. The summed E-state index contributed by atoms with van der Waals surface area (Å²) in [4.78, 5) is 20.1. The number of aryl methyl sites for hydroxylation is 1. The van der Waals surface area contributed by atoms with Crippen LogP contribution in [0, 0.1) is 6.92 Å². The Morgan fingerprint density at radius 2 is 1.58 bits per heavy atom. The maximum atomic E-state index is 11.4. The minimum absolute atomic E-state index is 0.155. The van der Waals surface area contributed by atoms with Crippen LogP contribution in [0.5, 0.6) is 0 Å². The van der Waals surface area contributed by atoms with Crippen molar-refractivity contribution in [1.29, 1.82) is 0 Å².